The predicted octanol–water partition coefficient (Wildman–Crippen LogP) is 4.60. The number of nitrogens with zero attached hydrogens (tertiary/aromatic N) is 1. The average molecular weight is 477 g/mol. The van der Waals surface area contributed by atoms with E-state index in [9.17, 15) is 18.4 Å². The van der Waals surface area contributed by atoms with Crippen molar-refractivity contribution in [2.75, 3.05) is 19.0 Å². The van der Waals surface area contributed by atoms with Gasteiger partial charge in [0.15, 0.2) is 17.4 Å². The number of nitrogens with two attached hydrogens (primary N) is 1. The standard InChI is InChI=1S/C22H19ClF2N4O4/c1-32-17-8-14-11(6-12(17)21(26)30)16(4-5-27-14)33-20-13(24)7-15(18(23)19(20)25)29-22(31)28-9-10-2-3-10/h4-8,10H,2-3,9H2,1H3,(H2,26,30)(H2,28,29,31). The van der Waals surface area contributed by atoms with E-state index in [0.29, 0.717) is 18.0 Å². The molecule has 1 fully saturated rings. The van der Waals surface area contributed by atoms with Crippen LogP contribution in [-0.2, 0) is 0 Å². The van der Waals surface area contributed by atoms with Crippen molar-refractivity contribution >= 4 is 40.1 Å². The summed E-state index contributed by atoms with van der Waals surface area (Å²) in [6.07, 6.45) is 3.43. The van der Waals surface area contributed by atoms with Gasteiger partial charge in [0.05, 0.1) is 23.9 Å². The number of primary amides is 1. The normalized spacial score (nSPS) is 13.0. The lowest BCUT2D eigenvalue weighted by molar-refractivity contribution is 0.0997. The smallest absolute Gasteiger partial charge is 0.319 e. The number of benzene rings is 2. The number of halogens is 3. The van der Waals surface area contributed by atoms with Gasteiger partial charge < -0.3 is 25.8 Å². The van der Waals surface area contributed by atoms with Gasteiger partial charge >= 0.3 is 6.03 Å². The lowest BCUT2D eigenvalue weighted by Gasteiger charge is -2.15. The summed E-state index contributed by atoms with van der Waals surface area (Å²) in [5, 5.41) is 4.70. The minimum atomic E-state index is -1.21. The maximum absolute atomic E-state index is 14.9. The monoisotopic (exact) mass is 476 g/mol. The summed E-state index contributed by atoms with van der Waals surface area (Å²) in [5.74, 6) is -3.23. The van der Waals surface area contributed by atoms with Crippen molar-refractivity contribution in [1.82, 2.24) is 10.3 Å². The number of aromatic nitrogens is 1. The summed E-state index contributed by atoms with van der Waals surface area (Å²) in [6, 6.07) is 4.41. The van der Waals surface area contributed by atoms with Crippen molar-refractivity contribution in [2.24, 2.45) is 11.7 Å². The summed E-state index contributed by atoms with van der Waals surface area (Å²) < 4.78 is 40.3. The van der Waals surface area contributed by atoms with E-state index in [2.05, 4.69) is 15.6 Å². The Morgan fingerprint density at radius 1 is 1.24 bits per heavy atom. The highest BCUT2D eigenvalue weighted by Crippen LogP contribution is 2.39. The minimum absolute atomic E-state index is 0.00176. The van der Waals surface area contributed by atoms with Gasteiger partial charge in [0.25, 0.3) is 5.91 Å². The number of rotatable bonds is 7. The first-order valence-electron chi connectivity index (χ1n) is 9.95. The fourth-order valence-electron chi connectivity index (χ4n) is 3.20. The number of amides is 3. The van der Waals surface area contributed by atoms with Crippen LogP contribution in [0.3, 0.4) is 0 Å². The number of fused-ring (bicyclic) bond motifs is 1. The number of anilines is 1. The van der Waals surface area contributed by atoms with E-state index in [1.54, 1.807) is 0 Å². The number of urea groups is 1. The minimum Gasteiger partial charge on any atom is -0.496 e. The Morgan fingerprint density at radius 3 is 2.67 bits per heavy atom. The third-order valence-corrected chi connectivity index (χ3v) is 5.48. The highest BCUT2D eigenvalue weighted by molar-refractivity contribution is 6.34. The van der Waals surface area contributed by atoms with Crippen LogP contribution in [0.15, 0.2) is 30.5 Å². The first kappa shape index (κ1) is 22.5. The lowest BCUT2D eigenvalue weighted by atomic mass is 10.1. The van der Waals surface area contributed by atoms with Gasteiger partial charge in [-0.2, -0.15) is 0 Å². The largest absolute Gasteiger partial charge is 0.496 e. The summed E-state index contributed by atoms with van der Waals surface area (Å²) in [5.41, 5.74) is 5.53. The molecule has 0 atom stereocenters. The van der Waals surface area contributed by atoms with Crippen molar-refractivity contribution in [3.63, 3.8) is 0 Å². The molecule has 4 N–H and O–H groups in total. The molecule has 0 saturated heterocycles. The number of carbonyl (C=O) groups excluding carboxylic acids is 2. The van der Waals surface area contributed by atoms with Crippen molar-refractivity contribution < 1.29 is 27.8 Å². The molecule has 3 aromatic rings. The van der Waals surface area contributed by atoms with E-state index in [1.807, 2.05) is 0 Å². The summed E-state index contributed by atoms with van der Waals surface area (Å²) >= 11 is 6.03. The molecule has 3 amide bonds. The van der Waals surface area contributed by atoms with Gasteiger partial charge in [-0.3, -0.25) is 9.78 Å². The third-order valence-electron chi connectivity index (χ3n) is 5.11. The Balaban J connectivity index is 1.66. The molecule has 0 aliphatic heterocycles. The van der Waals surface area contributed by atoms with Crippen molar-refractivity contribution in [3.05, 3.63) is 52.7 Å². The van der Waals surface area contributed by atoms with Gasteiger partial charge in [0.2, 0.25) is 0 Å². The number of carbonyl (C=O) groups is 2. The van der Waals surface area contributed by atoms with Gasteiger partial charge in [0.1, 0.15) is 16.5 Å². The average Bonchev–Trinajstić information content (AvgIpc) is 3.62. The maximum atomic E-state index is 14.9. The Hall–Kier alpha value is -3.66. The van der Waals surface area contributed by atoms with E-state index in [-0.39, 0.29) is 28.1 Å². The quantitative estimate of drug-likeness (QED) is 0.431. The molecular weight excluding hydrogens is 458 g/mol. The SMILES string of the molecule is COc1cc2nccc(Oc3c(F)cc(NC(=O)NCC4CC4)c(Cl)c3F)c2cc1C(N)=O. The number of ether oxygens (including phenoxy) is 2. The van der Waals surface area contributed by atoms with Crippen LogP contribution >= 0.6 is 11.6 Å². The molecule has 8 nitrogen and oxygen atoms in total. The molecule has 2 aromatic carbocycles. The second-order valence-corrected chi connectivity index (χ2v) is 7.86. The van der Waals surface area contributed by atoms with E-state index in [0.717, 1.165) is 18.9 Å². The van der Waals surface area contributed by atoms with Crippen molar-refractivity contribution in [2.45, 2.75) is 12.8 Å². The molecule has 0 bridgehead atoms. The second-order valence-electron chi connectivity index (χ2n) is 7.49. The number of methoxy groups -OCH3 is 1. The zero-order valence-electron chi connectivity index (χ0n) is 17.4. The van der Waals surface area contributed by atoms with Crippen LogP contribution in [0.4, 0.5) is 19.3 Å². The molecule has 0 unspecified atom stereocenters. The summed E-state index contributed by atoms with van der Waals surface area (Å²) in [6.45, 7) is 0.475. The van der Waals surface area contributed by atoms with Crippen LogP contribution in [0.25, 0.3) is 10.9 Å². The number of hydrogen-bond acceptors (Lipinski definition) is 5. The predicted molar refractivity (Wildman–Crippen MR) is 118 cm³/mol. The van der Waals surface area contributed by atoms with Crippen LogP contribution < -0.4 is 25.8 Å². The summed E-state index contributed by atoms with van der Waals surface area (Å²) in [4.78, 5) is 27.9. The topological polar surface area (TPSA) is 116 Å². The molecule has 11 heteroatoms. The maximum Gasteiger partial charge on any atom is 0.319 e. The summed E-state index contributed by atoms with van der Waals surface area (Å²) in [7, 11) is 1.36. The number of hydrogen-bond donors (Lipinski definition) is 3. The van der Waals surface area contributed by atoms with Crippen molar-refractivity contribution in [3.8, 4) is 17.2 Å². The van der Waals surface area contributed by atoms with Crippen LogP contribution in [0.1, 0.15) is 23.2 Å². The molecule has 1 heterocycles. The lowest BCUT2D eigenvalue weighted by Crippen LogP contribution is -2.30. The van der Waals surface area contributed by atoms with E-state index in [4.69, 9.17) is 26.8 Å². The Morgan fingerprint density at radius 2 is 2.00 bits per heavy atom. The van der Waals surface area contributed by atoms with E-state index < -0.39 is 34.3 Å². The number of pyridine rings is 1. The van der Waals surface area contributed by atoms with Gasteiger partial charge in [-0.25, -0.2) is 13.6 Å². The van der Waals surface area contributed by atoms with Gasteiger partial charge in [0, 0.05) is 30.3 Å². The zero-order valence-corrected chi connectivity index (χ0v) is 18.1. The highest BCUT2D eigenvalue weighted by atomic mass is 35.5. The molecule has 1 aliphatic carbocycles. The fourth-order valence-corrected chi connectivity index (χ4v) is 3.38. The molecule has 0 spiro atoms. The third kappa shape index (κ3) is 4.75. The number of nitrogens with one attached hydrogen (secondary N) is 2. The second kappa shape index (κ2) is 9.07. The van der Waals surface area contributed by atoms with E-state index >= 15 is 0 Å². The van der Waals surface area contributed by atoms with Crippen LogP contribution in [0.2, 0.25) is 5.02 Å². The van der Waals surface area contributed by atoms with Gasteiger partial charge in [-0.15, -0.1) is 0 Å². The van der Waals surface area contributed by atoms with Gasteiger partial charge in [-0.05, 0) is 30.9 Å². The zero-order chi connectivity index (χ0) is 23.7. The highest BCUT2D eigenvalue weighted by Gasteiger charge is 2.24. The molecule has 4 rings (SSSR count). The molecule has 33 heavy (non-hydrogen) atoms. The molecule has 172 valence electrons. The molecule has 1 aromatic heterocycles. The molecular formula is C22H19ClF2N4O4. The Kier molecular flexibility index (Phi) is 6.19. The van der Waals surface area contributed by atoms with E-state index in [1.165, 1.54) is 31.5 Å². The van der Waals surface area contributed by atoms with Crippen molar-refractivity contribution in [1.29, 1.82) is 0 Å². The fraction of sp³-hybridized carbons (Fsp3) is 0.227. The molecule has 1 aliphatic rings. The Bertz CT molecular complexity index is 1270. The Labute approximate surface area is 192 Å². The van der Waals surface area contributed by atoms with Crippen LogP contribution in [0, 0.1) is 17.6 Å². The molecule has 0 radical (unpaired) electrons. The molecule has 1 saturated carbocycles. The van der Waals surface area contributed by atoms with Crippen LogP contribution in [0.5, 0.6) is 17.2 Å². The van der Waals surface area contributed by atoms with Gasteiger partial charge in [-0.1, -0.05) is 11.6 Å². The first-order valence-corrected chi connectivity index (χ1v) is 10.3. The van der Waals surface area contributed by atoms with Crippen LogP contribution in [-0.4, -0.2) is 30.6 Å². The first-order chi connectivity index (χ1) is 15.8.